The first-order valence-corrected chi connectivity index (χ1v) is 7.27. The molecule has 6 nitrogen and oxygen atoms in total. The summed E-state index contributed by atoms with van der Waals surface area (Å²) in [6, 6.07) is 1.80. The van der Waals surface area contributed by atoms with E-state index in [0.717, 1.165) is 36.8 Å². The van der Waals surface area contributed by atoms with Crippen LogP contribution in [-0.2, 0) is 0 Å². The first-order valence-electron chi connectivity index (χ1n) is 7.27. The number of carbonyl (C=O) groups is 1. The molecule has 112 valence electrons. The highest BCUT2D eigenvalue weighted by Crippen LogP contribution is 2.30. The number of aliphatic hydroxyl groups is 1. The van der Waals surface area contributed by atoms with Crippen molar-refractivity contribution >= 4 is 16.9 Å². The van der Waals surface area contributed by atoms with Crippen molar-refractivity contribution in [2.45, 2.75) is 38.2 Å². The Labute approximate surface area is 123 Å². The first kappa shape index (κ1) is 14.0. The second kappa shape index (κ2) is 5.11. The number of carbonyl (C=O) groups excluding carboxylic acids is 1. The Morgan fingerprint density at radius 3 is 2.90 bits per heavy atom. The van der Waals surface area contributed by atoms with Gasteiger partial charge in [-0.05, 0) is 25.8 Å². The van der Waals surface area contributed by atoms with Crippen LogP contribution in [0.5, 0.6) is 0 Å². The van der Waals surface area contributed by atoms with Gasteiger partial charge in [-0.25, -0.2) is 4.98 Å². The molecule has 0 unspecified atom stereocenters. The number of H-pyrrole nitrogens is 1. The van der Waals surface area contributed by atoms with Crippen molar-refractivity contribution in [1.82, 2.24) is 20.1 Å². The van der Waals surface area contributed by atoms with Crippen molar-refractivity contribution in [3.8, 4) is 0 Å². The molecule has 1 aliphatic rings. The minimum absolute atomic E-state index is 0.120. The summed E-state index contributed by atoms with van der Waals surface area (Å²) in [6.45, 7) is 2.27. The van der Waals surface area contributed by atoms with E-state index < -0.39 is 5.60 Å². The molecule has 0 bridgehead atoms. The number of aromatic amines is 1. The van der Waals surface area contributed by atoms with Gasteiger partial charge in [-0.1, -0.05) is 12.8 Å². The zero-order valence-corrected chi connectivity index (χ0v) is 12.4. The Bertz CT molecular complexity index is 673. The summed E-state index contributed by atoms with van der Waals surface area (Å²) >= 11 is 0. The summed E-state index contributed by atoms with van der Waals surface area (Å²) in [6.07, 6.45) is 5.13. The number of aromatic nitrogens is 3. The molecule has 0 aliphatic heterocycles. The molecule has 1 fully saturated rings. The normalized spacial score (nSPS) is 17.3. The lowest BCUT2D eigenvalue weighted by molar-refractivity contribution is 0.0156. The van der Waals surface area contributed by atoms with Gasteiger partial charge in [-0.15, -0.1) is 0 Å². The average molecular weight is 288 g/mol. The lowest BCUT2D eigenvalue weighted by Gasteiger charge is -2.28. The van der Waals surface area contributed by atoms with Crippen LogP contribution >= 0.6 is 0 Å². The molecule has 0 radical (unpaired) electrons. The number of aryl methyl sites for hydroxylation is 1. The van der Waals surface area contributed by atoms with Gasteiger partial charge in [0, 0.05) is 30.9 Å². The Balaban J connectivity index is 1.80. The topological polar surface area (TPSA) is 82.1 Å². The average Bonchev–Trinajstić information content (AvgIpc) is 3.05. The Morgan fingerprint density at radius 2 is 2.19 bits per heavy atom. The van der Waals surface area contributed by atoms with E-state index in [1.807, 2.05) is 6.92 Å². The molecule has 1 saturated carbocycles. The number of nitrogens with one attached hydrogen (secondary N) is 1. The number of nitrogens with zero attached hydrogens (tertiary/aromatic N) is 3. The molecule has 6 heteroatoms. The molecule has 2 aromatic heterocycles. The highest BCUT2D eigenvalue weighted by Gasteiger charge is 2.33. The maximum Gasteiger partial charge on any atom is 0.255 e. The molecule has 0 atom stereocenters. The van der Waals surface area contributed by atoms with Crippen molar-refractivity contribution < 1.29 is 9.90 Å². The van der Waals surface area contributed by atoms with Crippen molar-refractivity contribution in [3.63, 3.8) is 0 Å². The van der Waals surface area contributed by atoms with Crippen molar-refractivity contribution in [1.29, 1.82) is 0 Å². The fourth-order valence-corrected chi connectivity index (χ4v) is 3.06. The van der Waals surface area contributed by atoms with E-state index in [2.05, 4.69) is 15.2 Å². The number of hydrogen-bond donors (Lipinski definition) is 2. The van der Waals surface area contributed by atoms with E-state index in [4.69, 9.17) is 0 Å². The molecular formula is C15H20N4O2. The molecule has 21 heavy (non-hydrogen) atoms. The number of likely N-dealkylation sites (N-methyl/N-ethyl adjacent to an activating group) is 1. The number of fused-ring (bicyclic) bond motifs is 1. The minimum Gasteiger partial charge on any atom is -0.388 e. The van der Waals surface area contributed by atoms with Gasteiger partial charge >= 0.3 is 0 Å². The summed E-state index contributed by atoms with van der Waals surface area (Å²) in [5.74, 6) is -0.120. The van der Waals surface area contributed by atoms with Gasteiger partial charge in [-0.3, -0.25) is 9.89 Å². The number of hydrogen-bond acceptors (Lipinski definition) is 4. The van der Waals surface area contributed by atoms with Crippen LogP contribution in [-0.4, -0.2) is 50.3 Å². The number of amides is 1. The second-order valence-corrected chi connectivity index (χ2v) is 6.04. The highest BCUT2D eigenvalue weighted by atomic mass is 16.3. The fraction of sp³-hybridized carbons (Fsp3) is 0.533. The van der Waals surface area contributed by atoms with Gasteiger partial charge in [0.1, 0.15) is 0 Å². The van der Waals surface area contributed by atoms with Crippen molar-refractivity contribution in [2.24, 2.45) is 0 Å². The van der Waals surface area contributed by atoms with Crippen LogP contribution in [0.3, 0.4) is 0 Å². The molecule has 2 heterocycles. The van der Waals surface area contributed by atoms with Gasteiger partial charge in [0.2, 0.25) is 0 Å². The SMILES string of the molecule is Cc1[nH]nc2ncc(C(=O)N(C)CC3(O)CCCC3)cc12. The lowest BCUT2D eigenvalue weighted by atomic mass is 10.0. The molecule has 2 N–H and O–H groups in total. The van der Waals surface area contributed by atoms with Crippen LogP contribution in [0.25, 0.3) is 11.0 Å². The Morgan fingerprint density at radius 1 is 1.48 bits per heavy atom. The van der Waals surface area contributed by atoms with E-state index in [-0.39, 0.29) is 5.91 Å². The largest absolute Gasteiger partial charge is 0.388 e. The van der Waals surface area contributed by atoms with Gasteiger partial charge in [-0.2, -0.15) is 5.10 Å². The molecule has 0 saturated heterocycles. The van der Waals surface area contributed by atoms with Crippen molar-refractivity contribution in [2.75, 3.05) is 13.6 Å². The summed E-state index contributed by atoms with van der Waals surface area (Å²) in [4.78, 5) is 18.3. The maximum atomic E-state index is 12.5. The smallest absolute Gasteiger partial charge is 0.255 e. The van der Waals surface area contributed by atoms with Crippen LogP contribution in [0, 0.1) is 6.92 Å². The minimum atomic E-state index is -0.729. The van der Waals surface area contributed by atoms with E-state index in [0.29, 0.717) is 17.8 Å². The van der Waals surface area contributed by atoms with E-state index >= 15 is 0 Å². The standard InChI is InChI=1S/C15H20N4O2/c1-10-12-7-11(8-16-13(12)18-17-10)14(20)19(2)9-15(21)5-3-4-6-15/h7-8,21H,3-6,9H2,1-2H3,(H,16,17,18). The second-order valence-electron chi connectivity index (χ2n) is 6.04. The zero-order chi connectivity index (χ0) is 15.0. The molecule has 1 aliphatic carbocycles. The summed E-state index contributed by atoms with van der Waals surface area (Å²) < 4.78 is 0. The highest BCUT2D eigenvalue weighted by molar-refractivity contribution is 5.97. The molecular weight excluding hydrogens is 268 g/mol. The maximum absolute atomic E-state index is 12.5. The molecule has 2 aromatic rings. The lowest BCUT2D eigenvalue weighted by Crippen LogP contribution is -2.42. The monoisotopic (exact) mass is 288 g/mol. The third-order valence-electron chi connectivity index (χ3n) is 4.26. The van der Waals surface area contributed by atoms with Crippen LogP contribution in [0.1, 0.15) is 41.7 Å². The fourth-order valence-electron chi connectivity index (χ4n) is 3.06. The predicted molar refractivity (Wildman–Crippen MR) is 79.0 cm³/mol. The Kier molecular flexibility index (Phi) is 3.41. The van der Waals surface area contributed by atoms with Gasteiger partial charge in [0.05, 0.1) is 11.2 Å². The summed E-state index contributed by atoms with van der Waals surface area (Å²) in [5.41, 5.74) is 1.30. The van der Waals surface area contributed by atoms with Gasteiger partial charge in [0.15, 0.2) is 5.65 Å². The summed E-state index contributed by atoms with van der Waals surface area (Å²) in [5, 5.41) is 18.2. The van der Waals surface area contributed by atoms with Crippen LogP contribution in [0.15, 0.2) is 12.3 Å². The van der Waals surface area contributed by atoms with E-state index in [1.54, 1.807) is 24.2 Å². The first-order chi connectivity index (χ1) is 9.98. The van der Waals surface area contributed by atoms with Crippen LogP contribution in [0.2, 0.25) is 0 Å². The van der Waals surface area contributed by atoms with Gasteiger partial charge in [0.25, 0.3) is 5.91 Å². The van der Waals surface area contributed by atoms with Crippen LogP contribution in [0.4, 0.5) is 0 Å². The zero-order valence-electron chi connectivity index (χ0n) is 12.4. The van der Waals surface area contributed by atoms with Gasteiger partial charge < -0.3 is 10.0 Å². The van der Waals surface area contributed by atoms with E-state index in [9.17, 15) is 9.90 Å². The Hall–Kier alpha value is -1.95. The predicted octanol–water partition coefficient (Wildman–Crippen LogP) is 1.64. The summed E-state index contributed by atoms with van der Waals surface area (Å²) in [7, 11) is 1.73. The third-order valence-corrected chi connectivity index (χ3v) is 4.26. The molecule has 0 aromatic carbocycles. The number of pyridine rings is 1. The molecule has 1 amide bonds. The van der Waals surface area contributed by atoms with E-state index in [1.165, 1.54) is 0 Å². The molecule has 3 rings (SSSR count). The van der Waals surface area contributed by atoms with Crippen LogP contribution < -0.4 is 0 Å². The number of rotatable bonds is 3. The quantitative estimate of drug-likeness (QED) is 0.899. The van der Waals surface area contributed by atoms with Crippen molar-refractivity contribution in [3.05, 3.63) is 23.5 Å². The molecule has 0 spiro atoms. The third kappa shape index (κ3) is 2.63.